The van der Waals surface area contributed by atoms with Crippen LogP contribution >= 0.6 is 11.3 Å². The Balaban J connectivity index is 1.62. The molecule has 0 radical (unpaired) electrons. The molecule has 0 spiro atoms. The monoisotopic (exact) mass is 349 g/mol. The minimum Gasteiger partial charge on any atom is -0.379 e. The van der Waals surface area contributed by atoms with E-state index in [0.717, 1.165) is 37.6 Å². The molecule has 0 bridgehead atoms. The van der Waals surface area contributed by atoms with Crippen molar-refractivity contribution in [2.24, 2.45) is 0 Å². The second-order valence-corrected chi connectivity index (χ2v) is 6.94. The number of thiophene rings is 1. The van der Waals surface area contributed by atoms with Gasteiger partial charge in [0.25, 0.3) is 0 Å². The number of hydrogen-bond donors (Lipinski definition) is 1. The Kier molecular flexibility index (Phi) is 5.65. The maximum atomic E-state index is 12.4. The quantitative estimate of drug-likeness (QED) is 0.865. The van der Waals surface area contributed by atoms with E-state index in [2.05, 4.69) is 32.9 Å². The molecule has 0 aromatic carbocycles. The van der Waals surface area contributed by atoms with E-state index in [9.17, 15) is 4.79 Å². The highest BCUT2D eigenvalue weighted by Gasteiger charge is 2.24. The number of ether oxygens (including phenoxy) is 1. The summed E-state index contributed by atoms with van der Waals surface area (Å²) in [6.07, 6.45) is 0.307. The van der Waals surface area contributed by atoms with Crippen LogP contribution < -0.4 is 5.32 Å². The first-order valence-corrected chi connectivity index (χ1v) is 9.06. The second kappa shape index (κ2) is 7.92. The third-order valence-corrected chi connectivity index (χ3v) is 5.34. The first kappa shape index (κ1) is 17.1. The molecular formula is C17H23N3O3S. The maximum absolute atomic E-state index is 12.4. The van der Waals surface area contributed by atoms with E-state index in [1.807, 2.05) is 13.8 Å². The predicted octanol–water partition coefficient (Wildman–Crippen LogP) is 2.09. The highest BCUT2D eigenvalue weighted by atomic mass is 32.1. The first-order chi connectivity index (χ1) is 11.6. The van der Waals surface area contributed by atoms with E-state index in [4.69, 9.17) is 9.26 Å². The van der Waals surface area contributed by atoms with Crippen LogP contribution in [0.15, 0.2) is 22.0 Å². The van der Waals surface area contributed by atoms with Gasteiger partial charge in [0, 0.05) is 30.1 Å². The van der Waals surface area contributed by atoms with Gasteiger partial charge >= 0.3 is 0 Å². The van der Waals surface area contributed by atoms with Crippen molar-refractivity contribution in [2.45, 2.75) is 26.3 Å². The summed E-state index contributed by atoms with van der Waals surface area (Å²) in [5.74, 6) is 0.713. The van der Waals surface area contributed by atoms with E-state index in [-0.39, 0.29) is 11.9 Å². The smallest absolute Gasteiger partial charge is 0.224 e. The largest absolute Gasteiger partial charge is 0.379 e. The summed E-state index contributed by atoms with van der Waals surface area (Å²) in [7, 11) is 0. The molecule has 0 unspecified atom stereocenters. The van der Waals surface area contributed by atoms with Crippen LogP contribution in [0.5, 0.6) is 0 Å². The van der Waals surface area contributed by atoms with Crippen molar-refractivity contribution in [3.05, 3.63) is 39.4 Å². The van der Waals surface area contributed by atoms with Gasteiger partial charge in [-0.1, -0.05) is 11.2 Å². The number of rotatable bonds is 6. The molecule has 1 atom stereocenters. The number of carbonyl (C=O) groups excluding carboxylic acids is 1. The van der Waals surface area contributed by atoms with Crippen molar-refractivity contribution in [2.75, 3.05) is 32.8 Å². The fourth-order valence-electron chi connectivity index (χ4n) is 2.97. The fraction of sp³-hybridized carbons (Fsp3) is 0.529. The van der Waals surface area contributed by atoms with E-state index >= 15 is 0 Å². The number of aromatic nitrogens is 1. The summed E-state index contributed by atoms with van der Waals surface area (Å²) >= 11 is 1.73. The average Bonchev–Trinajstić information content (AvgIpc) is 3.22. The van der Waals surface area contributed by atoms with Crippen molar-refractivity contribution in [1.82, 2.24) is 15.4 Å². The minimum atomic E-state index is -0.000726. The number of hydrogen-bond acceptors (Lipinski definition) is 6. The van der Waals surface area contributed by atoms with Gasteiger partial charge in [-0.15, -0.1) is 11.3 Å². The number of carbonyl (C=O) groups is 1. The molecular weight excluding hydrogens is 326 g/mol. The summed E-state index contributed by atoms with van der Waals surface area (Å²) in [5, 5.41) is 9.06. The Morgan fingerprint density at radius 1 is 1.42 bits per heavy atom. The van der Waals surface area contributed by atoms with Gasteiger partial charge in [0.2, 0.25) is 5.91 Å². The number of nitrogens with one attached hydrogen (secondary N) is 1. The Bertz CT molecular complexity index is 643. The second-order valence-electron chi connectivity index (χ2n) is 5.96. The molecule has 3 rings (SSSR count). The number of morpholine rings is 1. The summed E-state index contributed by atoms with van der Waals surface area (Å²) in [5.41, 5.74) is 1.66. The van der Waals surface area contributed by atoms with Crippen LogP contribution in [-0.2, 0) is 16.0 Å². The first-order valence-electron chi connectivity index (χ1n) is 8.19. The number of aryl methyl sites for hydroxylation is 2. The number of nitrogens with zero attached hydrogens (tertiary/aromatic N) is 2. The Morgan fingerprint density at radius 3 is 2.83 bits per heavy atom. The molecule has 1 amide bonds. The van der Waals surface area contributed by atoms with Gasteiger partial charge in [0.15, 0.2) is 0 Å². The van der Waals surface area contributed by atoms with Gasteiger partial charge in [-0.05, 0) is 25.3 Å². The normalized spacial score (nSPS) is 16.9. The van der Waals surface area contributed by atoms with Crippen molar-refractivity contribution in [3.63, 3.8) is 0 Å². The summed E-state index contributed by atoms with van der Waals surface area (Å²) in [6.45, 7) is 7.57. The zero-order valence-electron chi connectivity index (χ0n) is 14.1. The molecule has 2 aromatic rings. The van der Waals surface area contributed by atoms with E-state index in [1.165, 1.54) is 4.88 Å². The molecule has 3 heterocycles. The Morgan fingerprint density at radius 2 is 2.21 bits per heavy atom. The summed E-state index contributed by atoms with van der Waals surface area (Å²) in [4.78, 5) is 16.0. The van der Waals surface area contributed by atoms with Crippen LogP contribution in [0.3, 0.4) is 0 Å². The van der Waals surface area contributed by atoms with Crippen molar-refractivity contribution in [3.8, 4) is 0 Å². The summed E-state index contributed by atoms with van der Waals surface area (Å²) < 4.78 is 10.6. The zero-order valence-corrected chi connectivity index (χ0v) is 14.9. The van der Waals surface area contributed by atoms with Gasteiger partial charge in [-0.3, -0.25) is 9.69 Å². The third kappa shape index (κ3) is 4.03. The minimum absolute atomic E-state index is 0.000726. The Hall–Kier alpha value is -1.70. The molecule has 1 saturated heterocycles. The van der Waals surface area contributed by atoms with Crippen molar-refractivity contribution in [1.29, 1.82) is 0 Å². The standard InChI is InChI=1S/C17H23N3O3S/c1-12-14(13(2)23-19-12)10-17(21)18-11-15(16-4-3-9-24-16)20-5-7-22-8-6-20/h3-4,9,15H,5-8,10-11H2,1-2H3,(H,18,21)/t15-/m1/s1. The fourth-order valence-corrected chi connectivity index (χ4v) is 3.83. The van der Waals surface area contributed by atoms with Crippen LogP contribution in [0.4, 0.5) is 0 Å². The highest BCUT2D eigenvalue weighted by Crippen LogP contribution is 2.25. The highest BCUT2D eigenvalue weighted by molar-refractivity contribution is 7.10. The van der Waals surface area contributed by atoms with Crippen LogP contribution in [-0.4, -0.2) is 48.8 Å². The van der Waals surface area contributed by atoms with Crippen molar-refractivity contribution < 1.29 is 14.1 Å². The molecule has 130 valence electrons. The molecule has 24 heavy (non-hydrogen) atoms. The zero-order chi connectivity index (χ0) is 16.9. The van der Waals surface area contributed by atoms with E-state index < -0.39 is 0 Å². The lowest BCUT2D eigenvalue weighted by Gasteiger charge is -2.34. The van der Waals surface area contributed by atoms with E-state index in [1.54, 1.807) is 11.3 Å². The number of amides is 1. The van der Waals surface area contributed by atoms with Crippen molar-refractivity contribution >= 4 is 17.2 Å². The topological polar surface area (TPSA) is 67.6 Å². The lowest BCUT2D eigenvalue weighted by Crippen LogP contribution is -2.43. The maximum Gasteiger partial charge on any atom is 0.224 e. The predicted molar refractivity (Wildman–Crippen MR) is 92.1 cm³/mol. The van der Waals surface area contributed by atoms with Crippen LogP contribution in [0.1, 0.15) is 27.9 Å². The lowest BCUT2D eigenvalue weighted by atomic mass is 10.1. The molecule has 1 aliphatic heterocycles. The molecule has 0 aliphatic carbocycles. The van der Waals surface area contributed by atoms with Crippen LogP contribution in [0, 0.1) is 13.8 Å². The SMILES string of the molecule is Cc1noc(C)c1CC(=O)NC[C@H](c1cccs1)N1CCOCC1. The molecule has 6 nitrogen and oxygen atoms in total. The van der Waals surface area contributed by atoms with Gasteiger partial charge in [0.1, 0.15) is 5.76 Å². The van der Waals surface area contributed by atoms with E-state index in [0.29, 0.717) is 18.7 Å². The van der Waals surface area contributed by atoms with Crippen LogP contribution in [0.2, 0.25) is 0 Å². The summed E-state index contributed by atoms with van der Waals surface area (Å²) in [6, 6.07) is 4.38. The van der Waals surface area contributed by atoms with Gasteiger partial charge in [-0.2, -0.15) is 0 Å². The molecule has 2 aromatic heterocycles. The van der Waals surface area contributed by atoms with Crippen LogP contribution in [0.25, 0.3) is 0 Å². The lowest BCUT2D eigenvalue weighted by molar-refractivity contribution is -0.120. The molecule has 1 N–H and O–H groups in total. The molecule has 7 heteroatoms. The average molecular weight is 349 g/mol. The van der Waals surface area contributed by atoms with Gasteiger partial charge in [-0.25, -0.2) is 0 Å². The molecule has 0 saturated carbocycles. The third-order valence-electron chi connectivity index (χ3n) is 4.37. The Labute approximate surface area is 145 Å². The molecule has 1 fully saturated rings. The molecule has 1 aliphatic rings. The van der Waals surface area contributed by atoms with Gasteiger partial charge in [0.05, 0.1) is 31.4 Å². The van der Waals surface area contributed by atoms with Gasteiger partial charge < -0.3 is 14.6 Å².